The quantitative estimate of drug-likeness (QED) is 0.794. The molecule has 0 saturated heterocycles. The second-order valence-corrected chi connectivity index (χ2v) is 4.43. The molecular weight excluding hydrogens is 220 g/mol. The maximum atomic E-state index is 11.6. The first-order valence-electron chi connectivity index (χ1n) is 5.44. The van der Waals surface area contributed by atoms with Crippen LogP contribution in [0.3, 0.4) is 0 Å². The van der Waals surface area contributed by atoms with E-state index < -0.39 is 5.91 Å². The first-order chi connectivity index (χ1) is 7.99. The first-order valence-corrected chi connectivity index (χ1v) is 5.44. The van der Waals surface area contributed by atoms with E-state index >= 15 is 0 Å². The fraction of sp³-hybridized carbons (Fsp3) is 0.455. The maximum absolute atomic E-state index is 11.6. The van der Waals surface area contributed by atoms with E-state index in [2.05, 4.69) is 15.5 Å². The van der Waals surface area contributed by atoms with E-state index in [4.69, 9.17) is 5.73 Å². The van der Waals surface area contributed by atoms with Crippen molar-refractivity contribution in [2.75, 3.05) is 5.32 Å². The number of hydrogen-bond acceptors (Lipinski definition) is 4. The second kappa shape index (κ2) is 4.12. The molecule has 2 atom stereocenters. The fourth-order valence-electron chi connectivity index (χ4n) is 1.70. The van der Waals surface area contributed by atoms with Gasteiger partial charge in [-0.1, -0.05) is 6.92 Å². The molecule has 6 nitrogen and oxygen atoms in total. The molecule has 1 heterocycles. The summed E-state index contributed by atoms with van der Waals surface area (Å²) in [5, 5.41) is 10.1. The molecule has 1 saturated carbocycles. The molecule has 1 aromatic rings. The van der Waals surface area contributed by atoms with Crippen LogP contribution >= 0.6 is 0 Å². The molecule has 0 radical (unpaired) electrons. The minimum absolute atomic E-state index is 0.0435. The van der Waals surface area contributed by atoms with Crippen molar-refractivity contribution >= 4 is 17.6 Å². The van der Waals surface area contributed by atoms with Gasteiger partial charge in [0.1, 0.15) is 0 Å². The highest BCUT2D eigenvalue weighted by molar-refractivity contribution is 5.95. The van der Waals surface area contributed by atoms with Gasteiger partial charge in [0.05, 0.1) is 0 Å². The van der Waals surface area contributed by atoms with E-state index in [1.165, 1.54) is 0 Å². The van der Waals surface area contributed by atoms with Gasteiger partial charge in [0.25, 0.3) is 5.91 Å². The lowest BCUT2D eigenvalue weighted by Gasteiger charge is -2.05. The molecule has 0 bridgehead atoms. The summed E-state index contributed by atoms with van der Waals surface area (Å²) in [5.74, 6) is 0.209. The summed E-state index contributed by atoms with van der Waals surface area (Å²) in [6.45, 7) is 3.72. The first kappa shape index (κ1) is 11.5. The number of nitrogens with zero attached hydrogens (tertiary/aromatic N) is 2. The molecule has 1 aliphatic carbocycles. The van der Waals surface area contributed by atoms with Gasteiger partial charge < -0.3 is 11.1 Å². The molecule has 1 aromatic heterocycles. The summed E-state index contributed by atoms with van der Waals surface area (Å²) in [6, 6.07) is 1.60. The average Bonchev–Trinajstić information content (AvgIpc) is 2.95. The topological polar surface area (TPSA) is 98.0 Å². The van der Waals surface area contributed by atoms with Crippen LogP contribution in [-0.2, 0) is 4.79 Å². The molecule has 2 rings (SSSR count). The number of anilines is 1. The highest BCUT2D eigenvalue weighted by atomic mass is 16.2. The van der Waals surface area contributed by atoms with Crippen LogP contribution in [0.4, 0.5) is 5.82 Å². The van der Waals surface area contributed by atoms with Crippen LogP contribution in [0.2, 0.25) is 0 Å². The summed E-state index contributed by atoms with van der Waals surface area (Å²) in [7, 11) is 0. The van der Waals surface area contributed by atoms with Gasteiger partial charge in [-0.2, -0.15) is 0 Å². The van der Waals surface area contributed by atoms with Gasteiger partial charge in [0.15, 0.2) is 11.5 Å². The summed E-state index contributed by atoms with van der Waals surface area (Å²) in [4.78, 5) is 22.6. The summed E-state index contributed by atoms with van der Waals surface area (Å²) in [5.41, 5.74) is 5.84. The Hall–Kier alpha value is -1.98. The van der Waals surface area contributed by atoms with Crippen LogP contribution in [-0.4, -0.2) is 22.0 Å². The molecule has 1 fully saturated rings. The Morgan fingerprint density at radius 1 is 1.47 bits per heavy atom. The van der Waals surface area contributed by atoms with Crippen molar-refractivity contribution in [2.45, 2.75) is 20.3 Å². The third-order valence-corrected chi connectivity index (χ3v) is 2.92. The minimum atomic E-state index is -0.622. The highest BCUT2D eigenvalue weighted by Crippen LogP contribution is 2.38. The van der Waals surface area contributed by atoms with E-state index in [9.17, 15) is 9.59 Å². The van der Waals surface area contributed by atoms with Crippen molar-refractivity contribution in [3.05, 3.63) is 17.3 Å². The maximum Gasteiger partial charge on any atom is 0.269 e. The number of nitrogens with two attached hydrogens (primary N) is 1. The Balaban J connectivity index is 2.10. The fourth-order valence-corrected chi connectivity index (χ4v) is 1.70. The Morgan fingerprint density at radius 3 is 2.59 bits per heavy atom. The molecular formula is C11H14N4O2. The smallest absolute Gasteiger partial charge is 0.269 e. The molecule has 2 amide bonds. The number of hydrogen-bond donors (Lipinski definition) is 2. The number of aromatic nitrogens is 2. The Morgan fingerprint density at radius 2 is 2.12 bits per heavy atom. The van der Waals surface area contributed by atoms with Crippen LogP contribution in [0.15, 0.2) is 6.07 Å². The number of rotatable bonds is 3. The van der Waals surface area contributed by atoms with Crippen LogP contribution in [0.1, 0.15) is 29.4 Å². The van der Waals surface area contributed by atoms with E-state index in [1.54, 1.807) is 13.0 Å². The lowest BCUT2D eigenvalue weighted by molar-refractivity contribution is -0.117. The molecule has 0 unspecified atom stereocenters. The predicted octanol–water partition coefficient (Wildman–Crippen LogP) is 0.478. The lowest BCUT2D eigenvalue weighted by atomic mass is 10.2. The largest absolute Gasteiger partial charge is 0.364 e. The van der Waals surface area contributed by atoms with Gasteiger partial charge in [0.2, 0.25) is 5.91 Å². The zero-order valence-corrected chi connectivity index (χ0v) is 9.73. The highest BCUT2D eigenvalue weighted by Gasteiger charge is 2.39. The number of aryl methyl sites for hydroxylation is 1. The Kier molecular flexibility index (Phi) is 2.79. The molecule has 0 aromatic carbocycles. The van der Waals surface area contributed by atoms with Crippen molar-refractivity contribution in [3.8, 4) is 0 Å². The van der Waals surface area contributed by atoms with Crippen LogP contribution in [0.5, 0.6) is 0 Å². The van der Waals surface area contributed by atoms with Gasteiger partial charge in [-0.15, -0.1) is 10.2 Å². The standard InChI is InChI=1S/C11H14N4O2/c1-5-3-7(5)11(17)13-8-4-6(2)9(10(12)16)15-14-8/h4-5,7H,3H2,1-2H3,(H2,12,16)(H,13,14,17)/t5-,7-/m1/s1. The van der Waals surface area contributed by atoms with E-state index in [1.807, 2.05) is 6.92 Å². The average molecular weight is 234 g/mol. The van der Waals surface area contributed by atoms with Gasteiger partial charge in [0, 0.05) is 5.92 Å². The molecule has 17 heavy (non-hydrogen) atoms. The number of amides is 2. The number of primary amides is 1. The molecule has 0 spiro atoms. The van der Waals surface area contributed by atoms with Crippen LogP contribution in [0.25, 0.3) is 0 Å². The number of carbonyl (C=O) groups excluding carboxylic acids is 2. The van der Waals surface area contributed by atoms with Crippen molar-refractivity contribution in [2.24, 2.45) is 17.6 Å². The van der Waals surface area contributed by atoms with Crippen molar-refractivity contribution in [1.82, 2.24) is 10.2 Å². The zero-order valence-electron chi connectivity index (χ0n) is 9.73. The molecule has 90 valence electrons. The van der Waals surface area contributed by atoms with Gasteiger partial charge in [-0.25, -0.2) is 0 Å². The normalized spacial score (nSPS) is 22.0. The SMILES string of the molecule is Cc1cc(NC(=O)[C@@H]2C[C@H]2C)nnc1C(N)=O. The van der Waals surface area contributed by atoms with Crippen molar-refractivity contribution < 1.29 is 9.59 Å². The lowest BCUT2D eigenvalue weighted by Crippen LogP contribution is -2.19. The molecule has 3 N–H and O–H groups in total. The number of nitrogens with one attached hydrogen (secondary N) is 1. The Labute approximate surface area is 98.6 Å². The summed E-state index contributed by atoms with van der Waals surface area (Å²) in [6.07, 6.45) is 0.914. The molecule has 1 aliphatic rings. The number of carbonyl (C=O) groups is 2. The minimum Gasteiger partial charge on any atom is -0.364 e. The second-order valence-electron chi connectivity index (χ2n) is 4.43. The van der Waals surface area contributed by atoms with Crippen molar-refractivity contribution in [1.29, 1.82) is 0 Å². The zero-order chi connectivity index (χ0) is 12.6. The molecule has 6 heteroatoms. The summed E-state index contributed by atoms with van der Waals surface area (Å²) >= 11 is 0. The summed E-state index contributed by atoms with van der Waals surface area (Å²) < 4.78 is 0. The predicted molar refractivity (Wildman–Crippen MR) is 61.2 cm³/mol. The van der Waals surface area contributed by atoms with E-state index in [0.29, 0.717) is 17.3 Å². The third-order valence-electron chi connectivity index (χ3n) is 2.92. The van der Waals surface area contributed by atoms with Crippen LogP contribution in [0, 0.1) is 18.8 Å². The monoisotopic (exact) mass is 234 g/mol. The van der Waals surface area contributed by atoms with Gasteiger partial charge >= 0.3 is 0 Å². The Bertz CT molecular complexity index is 486. The van der Waals surface area contributed by atoms with Crippen molar-refractivity contribution in [3.63, 3.8) is 0 Å². The molecule has 0 aliphatic heterocycles. The van der Waals surface area contributed by atoms with Gasteiger partial charge in [-0.05, 0) is 30.9 Å². The van der Waals surface area contributed by atoms with E-state index in [0.717, 1.165) is 6.42 Å². The van der Waals surface area contributed by atoms with Crippen LogP contribution < -0.4 is 11.1 Å². The van der Waals surface area contributed by atoms with Gasteiger partial charge in [-0.3, -0.25) is 9.59 Å². The third kappa shape index (κ3) is 2.41. The van der Waals surface area contributed by atoms with E-state index in [-0.39, 0.29) is 17.5 Å².